The molecule has 0 heterocycles. The van der Waals surface area contributed by atoms with Crippen molar-refractivity contribution in [1.82, 2.24) is 4.90 Å². The Labute approximate surface area is 95.2 Å². The van der Waals surface area contributed by atoms with Crippen LogP contribution in [0.3, 0.4) is 0 Å². The van der Waals surface area contributed by atoms with Crippen LogP contribution in [-0.4, -0.2) is 23.0 Å². The van der Waals surface area contributed by atoms with E-state index in [0.717, 1.165) is 18.5 Å². The third-order valence-electron chi connectivity index (χ3n) is 4.42. The highest BCUT2D eigenvalue weighted by atomic mass is 15.2. The standard InChI is InChI=1S/C14H26N/c1-3-12(2)15(13-8-4-5-9-13)14-10-6-7-11-14/h12-14H,1,3-11H2,2H3. The van der Waals surface area contributed by atoms with E-state index in [1.165, 1.54) is 51.4 Å². The minimum atomic E-state index is 0.705. The first-order chi connectivity index (χ1) is 7.33. The second-order valence-corrected chi connectivity index (χ2v) is 5.46. The van der Waals surface area contributed by atoms with Crippen LogP contribution < -0.4 is 0 Å². The zero-order valence-electron chi connectivity index (χ0n) is 10.3. The molecule has 87 valence electrons. The zero-order chi connectivity index (χ0) is 10.7. The summed E-state index contributed by atoms with van der Waals surface area (Å²) in [5.74, 6) is 0. The summed E-state index contributed by atoms with van der Waals surface area (Å²) in [6, 6.07) is 2.49. The number of hydrogen-bond acceptors (Lipinski definition) is 1. The molecule has 0 aromatic rings. The van der Waals surface area contributed by atoms with Crippen molar-refractivity contribution in [2.45, 2.75) is 82.8 Å². The van der Waals surface area contributed by atoms with Crippen molar-refractivity contribution in [2.24, 2.45) is 0 Å². The van der Waals surface area contributed by atoms with Gasteiger partial charge in [0.2, 0.25) is 0 Å². The summed E-state index contributed by atoms with van der Waals surface area (Å²) in [7, 11) is 0. The molecule has 0 spiro atoms. The van der Waals surface area contributed by atoms with Crippen LogP contribution in [0, 0.1) is 6.92 Å². The maximum atomic E-state index is 4.11. The molecule has 0 N–H and O–H groups in total. The Balaban J connectivity index is 2.00. The van der Waals surface area contributed by atoms with Gasteiger partial charge in [0.05, 0.1) is 0 Å². The van der Waals surface area contributed by atoms with Crippen molar-refractivity contribution in [3.63, 3.8) is 0 Å². The van der Waals surface area contributed by atoms with Crippen LogP contribution >= 0.6 is 0 Å². The molecule has 0 saturated heterocycles. The van der Waals surface area contributed by atoms with Crippen molar-refractivity contribution in [2.75, 3.05) is 0 Å². The minimum Gasteiger partial charge on any atom is -0.295 e. The number of rotatable bonds is 4. The van der Waals surface area contributed by atoms with Gasteiger partial charge in [-0.15, -0.1) is 0 Å². The highest BCUT2D eigenvalue weighted by molar-refractivity contribution is 4.88. The Morgan fingerprint density at radius 3 is 1.73 bits per heavy atom. The predicted molar refractivity (Wildman–Crippen MR) is 65.8 cm³/mol. The van der Waals surface area contributed by atoms with Crippen LogP contribution in [0.1, 0.15) is 64.7 Å². The summed E-state index contributed by atoms with van der Waals surface area (Å²) < 4.78 is 0. The van der Waals surface area contributed by atoms with Gasteiger partial charge >= 0.3 is 0 Å². The fourth-order valence-electron chi connectivity index (χ4n) is 3.57. The quantitative estimate of drug-likeness (QED) is 0.679. The maximum Gasteiger partial charge on any atom is 0.0101 e. The van der Waals surface area contributed by atoms with Crippen molar-refractivity contribution in [3.05, 3.63) is 6.92 Å². The minimum absolute atomic E-state index is 0.705. The van der Waals surface area contributed by atoms with Crippen LogP contribution in [0.15, 0.2) is 0 Å². The van der Waals surface area contributed by atoms with E-state index < -0.39 is 0 Å². The highest BCUT2D eigenvalue weighted by Gasteiger charge is 2.32. The lowest BCUT2D eigenvalue weighted by atomic mass is 10.0. The molecule has 1 atom stereocenters. The normalized spacial score (nSPS) is 26.6. The molecule has 0 aromatic heterocycles. The molecule has 0 aliphatic heterocycles. The fraction of sp³-hybridized carbons (Fsp3) is 0.929. The van der Waals surface area contributed by atoms with Gasteiger partial charge in [0, 0.05) is 18.1 Å². The van der Waals surface area contributed by atoms with Gasteiger partial charge < -0.3 is 0 Å². The molecule has 2 rings (SSSR count). The summed E-state index contributed by atoms with van der Waals surface area (Å²) in [5.41, 5.74) is 0. The number of nitrogens with zero attached hydrogens (tertiary/aromatic N) is 1. The largest absolute Gasteiger partial charge is 0.295 e. The highest BCUT2D eigenvalue weighted by Crippen LogP contribution is 2.33. The third-order valence-corrected chi connectivity index (χ3v) is 4.42. The van der Waals surface area contributed by atoms with E-state index in [0.29, 0.717) is 6.04 Å². The summed E-state index contributed by atoms with van der Waals surface area (Å²) >= 11 is 0. The second kappa shape index (κ2) is 5.34. The summed E-state index contributed by atoms with van der Waals surface area (Å²) in [4.78, 5) is 2.84. The van der Waals surface area contributed by atoms with Gasteiger partial charge in [-0.3, -0.25) is 4.90 Å². The summed E-state index contributed by atoms with van der Waals surface area (Å²) in [6.07, 6.45) is 12.7. The first kappa shape index (κ1) is 11.4. The van der Waals surface area contributed by atoms with Crippen LogP contribution in [0.25, 0.3) is 0 Å². The molecule has 2 aliphatic rings. The van der Waals surface area contributed by atoms with E-state index in [9.17, 15) is 0 Å². The van der Waals surface area contributed by atoms with Gasteiger partial charge in [-0.25, -0.2) is 0 Å². The van der Waals surface area contributed by atoms with E-state index >= 15 is 0 Å². The van der Waals surface area contributed by atoms with Crippen LogP contribution in [0.2, 0.25) is 0 Å². The Kier molecular flexibility index (Phi) is 4.07. The molecule has 0 aromatic carbocycles. The summed E-state index contributed by atoms with van der Waals surface area (Å²) in [5, 5.41) is 0. The van der Waals surface area contributed by atoms with Gasteiger partial charge in [-0.2, -0.15) is 0 Å². The predicted octanol–water partition coefficient (Wildman–Crippen LogP) is 3.79. The first-order valence-electron chi connectivity index (χ1n) is 6.89. The average molecular weight is 208 g/mol. The molecule has 0 bridgehead atoms. The molecule has 1 nitrogen and oxygen atoms in total. The van der Waals surface area contributed by atoms with E-state index in [4.69, 9.17) is 0 Å². The molecular weight excluding hydrogens is 182 g/mol. The van der Waals surface area contributed by atoms with Gasteiger partial charge in [0.25, 0.3) is 0 Å². The molecule has 1 heteroatoms. The topological polar surface area (TPSA) is 3.24 Å². The lowest BCUT2D eigenvalue weighted by Gasteiger charge is -2.39. The molecule has 0 amide bonds. The van der Waals surface area contributed by atoms with E-state index in [1.807, 2.05) is 0 Å². The Morgan fingerprint density at radius 2 is 1.40 bits per heavy atom. The van der Waals surface area contributed by atoms with Gasteiger partial charge in [0.15, 0.2) is 0 Å². The van der Waals surface area contributed by atoms with Crippen LogP contribution in [-0.2, 0) is 0 Å². The summed E-state index contributed by atoms with van der Waals surface area (Å²) in [6.45, 7) is 6.49. The Bertz CT molecular complexity index is 162. The first-order valence-corrected chi connectivity index (χ1v) is 6.89. The van der Waals surface area contributed by atoms with Crippen molar-refractivity contribution in [1.29, 1.82) is 0 Å². The number of hydrogen-bond donors (Lipinski definition) is 0. The van der Waals surface area contributed by atoms with Crippen molar-refractivity contribution < 1.29 is 0 Å². The maximum absolute atomic E-state index is 4.11. The SMILES string of the molecule is [CH2]CC(C)N(C1CCCC1)C1CCCC1. The lowest BCUT2D eigenvalue weighted by Crippen LogP contribution is -2.46. The van der Waals surface area contributed by atoms with E-state index in [1.54, 1.807) is 0 Å². The molecule has 1 unspecified atom stereocenters. The molecule has 2 saturated carbocycles. The third kappa shape index (κ3) is 2.55. The Morgan fingerprint density at radius 1 is 1.00 bits per heavy atom. The molecular formula is C14H26N. The van der Waals surface area contributed by atoms with Crippen LogP contribution in [0.4, 0.5) is 0 Å². The van der Waals surface area contributed by atoms with Gasteiger partial charge in [-0.1, -0.05) is 32.6 Å². The van der Waals surface area contributed by atoms with Crippen LogP contribution in [0.5, 0.6) is 0 Å². The molecule has 1 radical (unpaired) electrons. The van der Waals surface area contributed by atoms with Gasteiger partial charge in [-0.05, 0) is 39.0 Å². The van der Waals surface area contributed by atoms with Gasteiger partial charge in [0.1, 0.15) is 0 Å². The second-order valence-electron chi connectivity index (χ2n) is 5.46. The Hall–Kier alpha value is -0.0400. The fourth-order valence-corrected chi connectivity index (χ4v) is 3.57. The van der Waals surface area contributed by atoms with Crippen molar-refractivity contribution in [3.8, 4) is 0 Å². The zero-order valence-corrected chi connectivity index (χ0v) is 10.3. The smallest absolute Gasteiger partial charge is 0.0101 e. The van der Waals surface area contributed by atoms with E-state index in [2.05, 4.69) is 18.7 Å². The van der Waals surface area contributed by atoms with Crippen molar-refractivity contribution >= 4 is 0 Å². The average Bonchev–Trinajstić information content (AvgIpc) is 2.90. The lowest BCUT2D eigenvalue weighted by molar-refractivity contribution is 0.0910. The molecule has 15 heavy (non-hydrogen) atoms. The molecule has 2 aliphatic carbocycles. The molecule has 2 fully saturated rings. The monoisotopic (exact) mass is 208 g/mol. The van der Waals surface area contributed by atoms with E-state index in [-0.39, 0.29) is 0 Å².